The van der Waals surface area contributed by atoms with Crippen molar-refractivity contribution in [1.29, 1.82) is 0 Å². The fourth-order valence-electron chi connectivity index (χ4n) is 5.22. The Bertz CT molecular complexity index is 1350. The number of nitro groups is 1. The van der Waals surface area contributed by atoms with Crippen LogP contribution in [-0.2, 0) is 16.9 Å². The number of ether oxygens (including phenoxy) is 1. The number of rotatable bonds is 5. The van der Waals surface area contributed by atoms with Gasteiger partial charge in [-0.25, -0.2) is 0 Å². The molecule has 0 saturated carbocycles. The van der Waals surface area contributed by atoms with E-state index in [4.69, 9.17) is 27.9 Å². The molecule has 5 rings (SSSR count). The molecule has 1 amide bonds. The van der Waals surface area contributed by atoms with E-state index in [2.05, 4.69) is 26.6 Å². The fraction of sp³-hybridized carbons (Fsp3) is 0.240. The first-order valence-corrected chi connectivity index (χ1v) is 12.5. The van der Waals surface area contributed by atoms with Crippen molar-refractivity contribution in [1.82, 2.24) is 5.32 Å². The number of carbonyl (C=O) groups excluding carboxylic acids is 1. The highest BCUT2D eigenvalue weighted by Crippen LogP contribution is 2.51. The van der Waals surface area contributed by atoms with E-state index < -0.39 is 29.4 Å². The van der Waals surface area contributed by atoms with Gasteiger partial charge in [0.2, 0.25) is 0 Å². The van der Waals surface area contributed by atoms with Crippen molar-refractivity contribution in [2.24, 2.45) is 0 Å². The van der Waals surface area contributed by atoms with Crippen LogP contribution in [-0.4, -0.2) is 22.9 Å². The summed E-state index contributed by atoms with van der Waals surface area (Å²) in [6.45, 7) is 2.05. The normalized spacial score (nSPS) is 24.9. The molecule has 3 aromatic rings. The average molecular weight is 577 g/mol. The van der Waals surface area contributed by atoms with Crippen molar-refractivity contribution in [3.05, 3.63) is 102 Å². The molecule has 1 fully saturated rings. The second-order valence-corrected chi connectivity index (χ2v) is 10.4. The molecular formula is C25H20BrCl2N3O4. The maximum absolute atomic E-state index is 13.3. The number of nitrogens with one attached hydrogen (secondary N) is 2. The second-order valence-electron chi connectivity index (χ2n) is 8.72. The monoisotopic (exact) mass is 575 g/mol. The van der Waals surface area contributed by atoms with E-state index in [1.807, 2.05) is 19.1 Å². The van der Waals surface area contributed by atoms with Crippen molar-refractivity contribution in [3.63, 3.8) is 0 Å². The minimum absolute atomic E-state index is 0.192. The Morgan fingerprint density at radius 2 is 1.89 bits per heavy atom. The third-order valence-corrected chi connectivity index (χ3v) is 7.90. The molecule has 35 heavy (non-hydrogen) atoms. The molecule has 7 nitrogen and oxygen atoms in total. The maximum Gasteiger partial charge on any atom is 0.256 e. The summed E-state index contributed by atoms with van der Waals surface area (Å²) in [5, 5.41) is 19.6. The summed E-state index contributed by atoms with van der Waals surface area (Å²) in [5.74, 6) is -0.584. The second kappa shape index (κ2) is 9.09. The summed E-state index contributed by atoms with van der Waals surface area (Å²) in [6, 6.07) is 16.0. The van der Waals surface area contributed by atoms with E-state index >= 15 is 0 Å². The zero-order chi connectivity index (χ0) is 24.9. The molecule has 0 radical (unpaired) electrons. The van der Waals surface area contributed by atoms with Gasteiger partial charge in [-0.1, -0.05) is 63.4 Å². The molecular weight excluding hydrogens is 557 g/mol. The van der Waals surface area contributed by atoms with Crippen LogP contribution in [0.3, 0.4) is 0 Å². The molecule has 0 aromatic heterocycles. The number of hydrogen-bond acceptors (Lipinski definition) is 5. The zero-order valence-corrected chi connectivity index (χ0v) is 21.5. The van der Waals surface area contributed by atoms with Crippen LogP contribution in [0.25, 0.3) is 0 Å². The number of fused-ring (bicyclic) bond motifs is 2. The highest BCUT2D eigenvalue weighted by Gasteiger charge is 2.68. The predicted octanol–water partition coefficient (Wildman–Crippen LogP) is 5.90. The van der Waals surface area contributed by atoms with Crippen molar-refractivity contribution >= 4 is 50.7 Å². The van der Waals surface area contributed by atoms with Gasteiger partial charge in [-0.2, -0.15) is 0 Å². The van der Waals surface area contributed by atoms with Crippen molar-refractivity contribution < 1.29 is 14.5 Å². The average Bonchev–Trinajstić information content (AvgIpc) is 3.29. The lowest BCUT2D eigenvalue weighted by Gasteiger charge is -2.26. The van der Waals surface area contributed by atoms with E-state index in [1.165, 1.54) is 0 Å². The van der Waals surface area contributed by atoms with Gasteiger partial charge >= 0.3 is 0 Å². The molecule has 1 spiro atoms. The van der Waals surface area contributed by atoms with Crippen LogP contribution in [0.4, 0.5) is 5.69 Å². The summed E-state index contributed by atoms with van der Waals surface area (Å²) >= 11 is 15.6. The number of anilines is 1. The Kier molecular flexibility index (Phi) is 6.25. The van der Waals surface area contributed by atoms with Gasteiger partial charge in [0.05, 0.1) is 16.0 Å². The summed E-state index contributed by atoms with van der Waals surface area (Å²) in [7, 11) is 0. The molecule has 10 heteroatoms. The van der Waals surface area contributed by atoms with E-state index in [0.717, 1.165) is 10.0 Å². The van der Waals surface area contributed by atoms with Crippen molar-refractivity contribution in [3.8, 4) is 5.75 Å². The lowest BCUT2D eigenvalue weighted by atomic mass is 9.78. The van der Waals surface area contributed by atoms with Gasteiger partial charge in [0.15, 0.2) is 5.54 Å². The molecule has 0 bridgehead atoms. The van der Waals surface area contributed by atoms with Crippen molar-refractivity contribution in [2.45, 2.75) is 37.1 Å². The lowest BCUT2D eigenvalue weighted by Crippen LogP contribution is -2.54. The number of nitrogens with zero attached hydrogens (tertiary/aromatic N) is 1. The standard InChI is InChI=1S/C25H20BrCl2N3O4/c1-13-22(23(31(33)34)25(30-13)17-4-2-3-5-20(17)29-24(25)32)16-11-15(26)7-9-21(16)35-12-14-6-8-18(27)19(28)10-14/h2-11,13,22-23,30H,12H2,1H3,(H,29,32)/t13-,22-,23+,25-/m0/s1. The SMILES string of the molecule is C[C@@H]1N[C@]2(C(=O)Nc3ccccc32)[C@H]([N+](=O)[O-])[C@@H]1c1cc(Br)ccc1OCc1ccc(Cl)c(Cl)c1. The van der Waals surface area contributed by atoms with Gasteiger partial charge < -0.3 is 10.1 Å². The first-order valence-electron chi connectivity index (χ1n) is 10.9. The smallest absolute Gasteiger partial charge is 0.256 e. The predicted molar refractivity (Wildman–Crippen MR) is 138 cm³/mol. The molecule has 0 aliphatic carbocycles. The molecule has 2 aliphatic rings. The van der Waals surface area contributed by atoms with E-state index in [1.54, 1.807) is 48.5 Å². The lowest BCUT2D eigenvalue weighted by molar-refractivity contribution is -0.532. The van der Waals surface area contributed by atoms with Gasteiger partial charge in [0, 0.05) is 32.3 Å². The third kappa shape index (κ3) is 3.98. The first-order chi connectivity index (χ1) is 16.7. The molecule has 2 N–H and O–H groups in total. The highest BCUT2D eigenvalue weighted by atomic mass is 79.9. The molecule has 2 heterocycles. The fourth-order valence-corrected chi connectivity index (χ4v) is 5.92. The minimum Gasteiger partial charge on any atom is -0.489 e. The van der Waals surface area contributed by atoms with Gasteiger partial charge in [0.1, 0.15) is 12.4 Å². The Hall–Kier alpha value is -2.65. The minimum atomic E-state index is -1.49. The Balaban J connectivity index is 1.56. The molecule has 3 aromatic carbocycles. The summed E-state index contributed by atoms with van der Waals surface area (Å²) in [5.41, 5.74) is 1.10. The molecule has 1 saturated heterocycles. The van der Waals surface area contributed by atoms with Crippen LogP contribution >= 0.6 is 39.1 Å². The van der Waals surface area contributed by atoms with Crippen molar-refractivity contribution in [2.75, 3.05) is 5.32 Å². The number of benzene rings is 3. The Morgan fingerprint density at radius 1 is 1.11 bits per heavy atom. The third-order valence-electron chi connectivity index (χ3n) is 6.67. The number of amides is 1. The first kappa shape index (κ1) is 24.1. The number of halogens is 3. The summed E-state index contributed by atoms with van der Waals surface area (Å²) < 4.78 is 6.89. The topological polar surface area (TPSA) is 93.5 Å². The zero-order valence-electron chi connectivity index (χ0n) is 18.4. The molecule has 4 atom stereocenters. The number of para-hydroxylation sites is 1. The van der Waals surface area contributed by atoms with Gasteiger partial charge in [-0.3, -0.25) is 20.2 Å². The summed E-state index contributed by atoms with van der Waals surface area (Å²) in [4.78, 5) is 25.5. The quantitative estimate of drug-likeness (QED) is 0.291. The molecule has 0 unspecified atom stereocenters. The number of hydrogen-bond donors (Lipinski definition) is 2. The van der Waals surface area contributed by atoms with Gasteiger partial charge in [0.25, 0.3) is 11.9 Å². The number of carbonyl (C=O) groups is 1. The van der Waals surface area contributed by atoms with Crippen LogP contribution in [0.5, 0.6) is 5.75 Å². The Morgan fingerprint density at radius 3 is 2.63 bits per heavy atom. The maximum atomic E-state index is 13.3. The van der Waals surface area contributed by atoms with Crippen LogP contribution in [0, 0.1) is 10.1 Å². The molecule has 180 valence electrons. The molecule has 2 aliphatic heterocycles. The van der Waals surface area contributed by atoms with Crippen LogP contribution in [0.1, 0.15) is 29.5 Å². The van der Waals surface area contributed by atoms with E-state index in [9.17, 15) is 14.9 Å². The van der Waals surface area contributed by atoms with Crippen LogP contribution < -0.4 is 15.4 Å². The van der Waals surface area contributed by atoms with Crippen LogP contribution in [0.15, 0.2) is 65.1 Å². The Labute approximate surface area is 220 Å². The van der Waals surface area contributed by atoms with Gasteiger partial charge in [-0.05, 0) is 48.9 Å². The van der Waals surface area contributed by atoms with E-state index in [0.29, 0.717) is 32.6 Å². The van der Waals surface area contributed by atoms with Gasteiger partial charge in [-0.15, -0.1) is 0 Å². The highest BCUT2D eigenvalue weighted by molar-refractivity contribution is 9.10. The van der Waals surface area contributed by atoms with Crippen LogP contribution in [0.2, 0.25) is 10.0 Å². The van der Waals surface area contributed by atoms with E-state index in [-0.39, 0.29) is 11.5 Å². The largest absolute Gasteiger partial charge is 0.489 e. The summed E-state index contributed by atoms with van der Waals surface area (Å²) in [6.07, 6.45) is 0.